The monoisotopic (exact) mass is 335 g/mol. The maximum Gasteiger partial charge on any atom is 0.230 e. The van der Waals surface area contributed by atoms with Gasteiger partial charge in [0, 0.05) is 16.5 Å². The minimum absolute atomic E-state index is 0.00163. The maximum atomic E-state index is 11.9. The van der Waals surface area contributed by atoms with Crippen molar-refractivity contribution in [1.29, 1.82) is 0 Å². The lowest BCUT2D eigenvalue weighted by molar-refractivity contribution is -0.118. The number of ether oxygens (including phenoxy) is 1. The van der Waals surface area contributed by atoms with Crippen LogP contribution in [0.2, 0.25) is 5.02 Å². The zero-order valence-corrected chi connectivity index (χ0v) is 13.9. The first kappa shape index (κ1) is 16.7. The number of hydrogen-bond acceptors (Lipinski definition) is 3. The highest BCUT2D eigenvalue weighted by atomic mass is 35.5. The Morgan fingerprint density at radius 3 is 2.73 bits per heavy atom. The number of hydrogen-bond donors (Lipinski definition) is 1. The van der Waals surface area contributed by atoms with Crippen molar-refractivity contribution in [1.82, 2.24) is 5.32 Å². The summed E-state index contributed by atoms with van der Waals surface area (Å²) in [6.07, 6.45) is 0. The average molecular weight is 336 g/mol. The molecule has 2 aromatic carbocycles. The second-order valence-electron chi connectivity index (χ2n) is 4.60. The molecule has 0 spiro atoms. The van der Waals surface area contributed by atoms with Crippen LogP contribution in [0.5, 0.6) is 5.75 Å². The van der Waals surface area contributed by atoms with Crippen molar-refractivity contribution >= 4 is 29.3 Å². The summed E-state index contributed by atoms with van der Waals surface area (Å²) in [7, 11) is 0. The molecule has 1 N–H and O–H groups in total. The molecule has 0 aliphatic carbocycles. The van der Waals surface area contributed by atoms with Crippen molar-refractivity contribution in [3.63, 3.8) is 0 Å². The number of nitrogens with one attached hydrogen (secondary N) is 1. The molecule has 1 amide bonds. The Hall–Kier alpha value is -1.65. The molecule has 0 saturated carbocycles. The predicted molar refractivity (Wildman–Crippen MR) is 91.6 cm³/mol. The van der Waals surface area contributed by atoms with Gasteiger partial charge in [0.15, 0.2) is 0 Å². The van der Waals surface area contributed by atoms with Crippen LogP contribution < -0.4 is 10.1 Å². The molecule has 0 fully saturated rings. The first-order valence-corrected chi connectivity index (χ1v) is 8.40. The van der Waals surface area contributed by atoms with Gasteiger partial charge in [0.05, 0.1) is 12.4 Å². The first-order chi connectivity index (χ1) is 10.7. The van der Waals surface area contributed by atoms with Crippen LogP contribution in [0, 0.1) is 0 Å². The summed E-state index contributed by atoms with van der Waals surface area (Å²) in [6.45, 7) is 3.08. The fraction of sp³-hybridized carbons (Fsp3) is 0.235. The van der Waals surface area contributed by atoms with Gasteiger partial charge in [-0.25, -0.2) is 0 Å². The molecule has 0 atom stereocenters. The van der Waals surface area contributed by atoms with Crippen molar-refractivity contribution in [2.75, 3.05) is 12.4 Å². The van der Waals surface area contributed by atoms with Gasteiger partial charge < -0.3 is 10.1 Å². The second kappa shape index (κ2) is 8.71. The maximum absolute atomic E-state index is 11.9. The van der Waals surface area contributed by atoms with Crippen molar-refractivity contribution in [3.05, 3.63) is 59.1 Å². The number of carbonyl (C=O) groups excluding carboxylic acids is 1. The van der Waals surface area contributed by atoms with Crippen LogP contribution in [0.3, 0.4) is 0 Å². The van der Waals surface area contributed by atoms with Gasteiger partial charge in [-0.05, 0) is 48.9 Å². The van der Waals surface area contributed by atoms with Crippen LogP contribution in [0.4, 0.5) is 0 Å². The summed E-state index contributed by atoms with van der Waals surface area (Å²) in [5.41, 5.74) is 1.02. The third kappa shape index (κ3) is 5.62. The molecule has 0 aromatic heterocycles. The van der Waals surface area contributed by atoms with Gasteiger partial charge in [-0.3, -0.25) is 4.79 Å². The Labute approximate surface area is 140 Å². The van der Waals surface area contributed by atoms with Crippen LogP contribution in [0.1, 0.15) is 12.5 Å². The highest BCUT2D eigenvalue weighted by molar-refractivity contribution is 8.00. The van der Waals surface area contributed by atoms with Crippen LogP contribution in [-0.4, -0.2) is 18.3 Å². The number of amides is 1. The fourth-order valence-electron chi connectivity index (χ4n) is 1.84. The minimum Gasteiger partial charge on any atom is -0.494 e. The lowest BCUT2D eigenvalue weighted by atomic mass is 10.2. The molecule has 0 unspecified atom stereocenters. The summed E-state index contributed by atoms with van der Waals surface area (Å²) in [5, 5.41) is 3.61. The molecule has 3 nitrogen and oxygen atoms in total. The van der Waals surface area contributed by atoms with E-state index in [1.165, 1.54) is 11.8 Å². The molecule has 0 bridgehead atoms. The lowest BCUT2D eigenvalue weighted by Crippen LogP contribution is -2.24. The SMILES string of the molecule is CCOc1cccc(CNC(=O)CSc2ccc(Cl)cc2)c1. The number of benzene rings is 2. The standard InChI is InChI=1S/C17H18ClNO2S/c1-2-21-15-5-3-4-13(10-15)11-19-17(20)12-22-16-8-6-14(18)7-9-16/h3-10H,2,11-12H2,1H3,(H,19,20). The van der Waals surface area contributed by atoms with E-state index in [1.807, 2.05) is 55.5 Å². The molecule has 2 rings (SSSR count). The summed E-state index contributed by atoms with van der Waals surface area (Å²) in [5.74, 6) is 1.21. The average Bonchev–Trinajstić information content (AvgIpc) is 2.53. The van der Waals surface area contributed by atoms with Crippen LogP contribution >= 0.6 is 23.4 Å². The largest absolute Gasteiger partial charge is 0.494 e. The Morgan fingerprint density at radius 1 is 1.23 bits per heavy atom. The third-order valence-electron chi connectivity index (χ3n) is 2.88. The van der Waals surface area contributed by atoms with Crippen LogP contribution in [0.15, 0.2) is 53.4 Å². The van der Waals surface area contributed by atoms with E-state index < -0.39 is 0 Å². The van der Waals surface area contributed by atoms with Crippen molar-refractivity contribution in [3.8, 4) is 5.75 Å². The van der Waals surface area contributed by atoms with E-state index in [2.05, 4.69) is 5.32 Å². The predicted octanol–water partition coefficient (Wildman–Crippen LogP) is 4.15. The molecule has 0 aliphatic rings. The second-order valence-corrected chi connectivity index (χ2v) is 6.08. The minimum atomic E-state index is 0.00163. The highest BCUT2D eigenvalue weighted by Crippen LogP contribution is 2.20. The Balaban J connectivity index is 1.77. The smallest absolute Gasteiger partial charge is 0.230 e. The van der Waals surface area contributed by atoms with Crippen molar-refractivity contribution < 1.29 is 9.53 Å². The van der Waals surface area contributed by atoms with Gasteiger partial charge >= 0.3 is 0 Å². The highest BCUT2D eigenvalue weighted by Gasteiger charge is 2.04. The topological polar surface area (TPSA) is 38.3 Å². The molecule has 0 aliphatic heterocycles. The van der Waals surface area contributed by atoms with Crippen molar-refractivity contribution in [2.45, 2.75) is 18.4 Å². The molecule has 0 heterocycles. The summed E-state index contributed by atoms with van der Waals surface area (Å²) in [6, 6.07) is 15.2. The van der Waals surface area contributed by atoms with Gasteiger partial charge in [0.25, 0.3) is 0 Å². The first-order valence-electron chi connectivity index (χ1n) is 7.04. The molecule has 0 radical (unpaired) electrons. The van der Waals surface area contributed by atoms with E-state index in [9.17, 15) is 4.79 Å². The van der Waals surface area contributed by atoms with E-state index in [1.54, 1.807) is 0 Å². The molecule has 5 heteroatoms. The third-order valence-corrected chi connectivity index (χ3v) is 4.15. The molecule has 116 valence electrons. The van der Waals surface area contributed by atoms with Gasteiger partial charge in [0.2, 0.25) is 5.91 Å². The fourth-order valence-corrected chi connectivity index (χ4v) is 2.70. The normalized spacial score (nSPS) is 10.3. The zero-order chi connectivity index (χ0) is 15.8. The molecule has 22 heavy (non-hydrogen) atoms. The number of thioether (sulfide) groups is 1. The Morgan fingerprint density at radius 2 is 2.00 bits per heavy atom. The quantitative estimate of drug-likeness (QED) is 0.772. The van der Waals surface area contributed by atoms with E-state index in [0.29, 0.717) is 23.9 Å². The van der Waals surface area contributed by atoms with Gasteiger partial charge in [0.1, 0.15) is 5.75 Å². The number of halogens is 1. The number of carbonyl (C=O) groups is 1. The molecular weight excluding hydrogens is 318 g/mol. The van der Waals surface area contributed by atoms with Gasteiger partial charge in [-0.2, -0.15) is 0 Å². The van der Waals surface area contributed by atoms with E-state index >= 15 is 0 Å². The van der Waals surface area contributed by atoms with Crippen molar-refractivity contribution in [2.24, 2.45) is 0 Å². The van der Waals surface area contributed by atoms with Crippen LogP contribution in [0.25, 0.3) is 0 Å². The zero-order valence-electron chi connectivity index (χ0n) is 12.3. The van der Waals surface area contributed by atoms with E-state index in [4.69, 9.17) is 16.3 Å². The van der Waals surface area contributed by atoms with E-state index in [-0.39, 0.29) is 5.91 Å². The molecule has 0 saturated heterocycles. The van der Waals surface area contributed by atoms with Gasteiger partial charge in [-0.15, -0.1) is 11.8 Å². The Kier molecular flexibility index (Phi) is 6.62. The van der Waals surface area contributed by atoms with Gasteiger partial charge in [-0.1, -0.05) is 23.7 Å². The summed E-state index contributed by atoms with van der Waals surface area (Å²) < 4.78 is 5.44. The number of rotatable bonds is 7. The summed E-state index contributed by atoms with van der Waals surface area (Å²) in [4.78, 5) is 12.9. The van der Waals surface area contributed by atoms with E-state index in [0.717, 1.165) is 16.2 Å². The summed E-state index contributed by atoms with van der Waals surface area (Å²) >= 11 is 7.32. The Bertz CT molecular complexity index is 616. The van der Waals surface area contributed by atoms with Crippen LogP contribution in [-0.2, 0) is 11.3 Å². The molecular formula is C17H18ClNO2S. The molecule has 2 aromatic rings. The lowest BCUT2D eigenvalue weighted by Gasteiger charge is -2.08.